The van der Waals surface area contributed by atoms with Crippen LogP contribution in [0.2, 0.25) is 0 Å². The van der Waals surface area contributed by atoms with Crippen molar-refractivity contribution in [3.63, 3.8) is 0 Å². The zero-order chi connectivity index (χ0) is 23.6. The van der Waals surface area contributed by atoms with E-state index in [0.717, 1.165) is 23.3 Å². The number of fused-ring (bicyclic) bond motifs is 1. The zero-order valence-electron chi connectivity index (χ0n) is 18.9. The first kappa shape index (κ1) is 23.8. The second kappa shape index (κ2) is 9.87. The molecular formula is C24H29N3O4S2. The summed E-state index contributed by atoms with van der Waals surface area (Å²) in [6.45, 7) is 3.16. The zero-order valence-corrected chi connectivity index (χ0v) is 20.6. The topological polar surface area (TPSA) is 78.0 Å². The van der Waals surface area contributed by atoms with E-state index in [-0.39, 0.29) is 29.2 Å². The van der Waals surface area contributed by atoms with Crippen molar-refractivity contribution in [3.8, 4) is 0 Å². The molecule has 176 valence electrons. The van der Waals surface area contributed by atoms with Crippen LogP contribution in [0, 0.1) is 5.92 Å². The summed E-state index contributed by atoms with van der Waals surface area (Å²) in [5.41, 5.74) is 1.50. The SMILES string of the molecule is CC1CSc2ccc(S(=O)(=O)N3CCCC3)cc2N(CC(=O)N(C)Cc2ccccc2)C1=O. The molecule has 1 fully saturated rings. The summed E-state index contributed by atoms with van der Waals surface area (Å²) in [4.78, 5) is 30.3. The van der Waals surface area contributed by atoms with E-state index in [0.29, 0.717) is 31.1 Å². The van der Waals surface area contributed by atoms with Crippen LogP contribution in [0.4, 0.5) is 5.69 Å². The van der Waals surface area contributed by atoms with E-state index >= 15 is 0 Å². The van der Waals surface area contributed by atoms with Crippen LogP contribution in [0.25, 0.3) is 0 Å². The Morgan fingerprint density at radius 2 is 1.82 bits per heavy atom. The highest BCUT2D eigenvalue weighted by Crippen LogP contribution is 2.38. The maximum Gasteiger partial charge on any atom is 0.243 e. The van der Waals surface area contributed by atoms with Gasteiger partial charge in [-0.25, -0.2) is 8.42 Å². The van der Waals surface area contributed by atoms with Crippen molar-refractivity contribution in [2.24, 2.45) is 5.92 Å². The maximum atomic E-state index is 13.2. The van der Waals surface area contributed by atoms with Gasteiger partial charge >= 0.3 is 0 Å². The fraction of sp³-hybridized carbons (Fsp3) is 0.417. The standard InChI is InChI=1S/C24H29N3O4S2/c1-18-17-32-22-11-10-20(33(30,31)26-12-6-7-13-26)14-21(22)27(24(18)29)16-23(28)25(2)15-19-8-4-3-5-9-19/h3-5,8-11,14,18H,6-7,12-13,15-17H2,1-2H3. The minimum Gasteiger partial charge on any atom is -0.340 e. The third-order valence-electron chi connectivity index (χ3n) is 6.08. The quantitative estimate of drug-likeness (QED) is 0.625. The van der Waals surface area contributed by atoms with Crippen LogP contribution in [0.3, 0.4) is 0 Å². The Bertz CT molecular complexity index is 1130. The molecule has 9 heteroatoms. The van der Waals surface area contributed by atoms with Crippen molar-refractivity contribution in [2.45, 2.75) is 36.1 Å². The lowest BCUT2D eigenvalue weighted by molar-refractivity contribution is -0.131. The average molecular weight is 488 g/mol. The Morgan fingerprint density at radius 3 is 2.52 bits per heavy atom. The van der Waals surface area contributed by atoms with Gasteiger partial charge in [0.25, 0.3) is 0 Å². The Morgan fingerprint density at radius 1 is 1.12 bits per heavy atom. The third-order valence-corrected chi connectivity index (χ3v) is 9.30. The normalized spacial score (nSPS) is 19.3. The molecule has 0 spiro atoms. The van der Waals surface area contributed by atoms with Crippen LogP contribution in [0.15, 0.2) is 58.3 Å². The molecule has 2 aliphatic rings. The highest BCUT2D eigenvalue weighted by atomic mass is 32.2. The van der Waals surface area contributed by atoms with E-state index in [2.05, 4.69) is 0 Å². The van der Waals surface area contributed by atoms with Gasteiger partial charge < -0.3 is 9.80 Å². The van der Waals surface area contributed by atoms with Gasteiger partial charge in [-0.05, 0) is 36.6 Å². The van der Waals surface area contributed by atoms with Crippen molar-refractivity contribution in [3.05, 3.63) is 54.1 Å². The first-order chi connectivity index (χ1) is 15.8. The minimum atomic E-state index is -3.63. The van der Waals surface area contributed by atoms with Gasteiger partial charge in [-0.3, -0.25) is 9.59 Å². The van der Waals surface area contributed by atoms with Crippen LogP contribution in [-0.2, 0) is 26.2 Å². The molecule has 0 radical (unpaired) electrons. The Labute approximate surface area is 199 Å². The number of likely N-dealkylation sites (N-methyl/N-ethyl adjacent to an activating group) is 1. The third kappa shape index (κ3) is 5.10. The van der Waals surface area contributed by atoms with Gasteiger partial charge in [0, 0.05) is 43.2 Å². The van der Waals surface area contributed by atoms with Crippen molar-refractivity contribution >= 4 is 39.3 Å². The number of carbonyl (C=O) groups is 2. The highest BCUT2D eigenvalue weighted by molar-refractivity contribution is 7.99. The second-order valence-corrected chi connectivity index (χ2v) is 11.6. The van der Waals surface area contributed by atoms with Gasteiger partial charge in [0.2, 0.25) is 21.8 Å². The number of thioether (sulfide) groups is 1. The fourth-order valence-electron chi connectivity index (χ4n) is 4.10. The van der Waals surface area contributed by atoms with Gasteiger partial charge in [0.05, 0.1) is 10.6 Å². The number of benzene rings is 2. The molecule has 1 unspecified atom stereocenters. The van der Waals surface area contributed by atoms with Crippen LogP contribution < -0.4 is 4.90 Å². The number of hydrogen-bond donors (Lipinski definition) is 0. The van der Waals surface area contributed by atoms with Crippen molar-refractivity contribution < 1.29 is 18.0 Å². The largest absolute Gasteiger partial charge is 0.340 e. The van der Waals surface area contributed by atoms with Crippen molar-refractivity contribution in [1.29, 1.82) is 0 Å². The monoisotopic (exact) mass is 487 g/mol. The molecule has 2 aromatic rings. The van der Waals surface area contributed by atoms with Crippen LogP contribution in [-0.4, -0.2) is 61.9 Å². The molecule has 0 aliphatic carbocycles. The van der Waals surface area contributed by atoms with Gasteiger partial charge in [0.1, 0.15) is 6.54 Å². The summed E-state index contributed by atoms with van der Waals surface area (Å²) in [7, 11) is -1.92. The molecule has 33 heavy (non-hydrogen) atoms. The van der Waals surface area contributed by atoms with Crippen molar-refractivity contribution in [2.75, 3.05) is 37.3 Å². The Kier molecular flexibility index (Phi) is 7.11. The lowest BCUT2D eigenvalue weighted by Crippen LogP contribution is -2.43. The Hall–Kier alpha value is -2.36. The first-order valence-corrected chi connectivity index (χ1v) is 13.6. The smallest absolute Gasteiger partial charge is 0.243 e. The molecule has 1 saturated heterocycles. The lowest BCUT2D eigenvalue weighted by Gasteiger charge is -2.27. The summed E-state index contributed by atoms with van der Waals surface area (Å²) in [5, 5.41) is 0. The second-order valence-electron chi connectivity index (χ2n) is 8.61. The van der Waals surface area contributed by atoms with E-state index in [1.54, 1.807) is 30.1 Å². The lowest BCUT2D eigenvalue weighted by atomic mass is 10.1. The minimum absolute atomic E-state index is 0.132. The van der Waals surface area contributed by atoms with E-state index in [4.69, 9.17) is 0 Å². The number of amides is 2. The van der Waals surface area contributed by atoms with Gasteiger partial charge in [0.15, 0.2) is 0 Å². The Balaban J connectivity index is 1.63. The van der Waals surface area contributed by atoms with E-state index in [9.17, 15) is 18.0 Å². The molecule has 7 nitrogen and oxygen atoms in total. The van der Waals surface area contributed by atoms with Crippen LogP contribution in [0.5, 0.6) is 0 Å². The number of hydrogen-bond acceptors (Lipinski definition) is 5. The maximum absolute atomic E-state index is 13.2. The summed E-state index contributed by atoms with van der Waals surface area (Å²) < 4.78 is 27.8. The molecule has 2 aromatic carbocycles. The predicted molar refractivity (Wildman–Crippen MR) is 130 cm³/mol. The molecule has 0 aromatic heterocycles. The van der Waals surface area contributed by atoms with Gasteiger partial charge in [-0.2, -0.15) is 4.31 Å². The summed E-state index contributed by atoms with van der Waals surface area (Å²) in [6, 6.07) is 14.6. The average Bonchev–Trinajstić information content (AvgIpc) is 3.33. The number of sulfonamides is 1. The predicted octanol–water partition coefficient (Wildman–Crippen LogP) is 3.20. The van der Waals surface area contributed by atoms with Gasteiger partial charge in [-0.1, -0.05) is 37.3 Å². The molecule has 2 heterocycles. The van der Waals surface area contributed by atoms with Crippen molar-refractivity contribution in [1.82, 2.24) is 9.21 Å². The summed E-state index contributed by atoms with van der Waals surface area (Å²) in [6.07, 6.45) is 1.70. The number of nitrogens with zero attached hydrogens (tertiary/aromatic N) is 3. The molecule has 0 bridgehead atoms. The molecule has 0 N–H and O–H groups in total. The number of rotatable bonds is 6. The van der Waals surface area contributed by atoms with Crippen LogP contribution >= 0.6 is 11.8 Å². The fourth-order valence-corrected chi connectivity index (χ4v) is 6.69. The van der Waals surface area contributed by atoms with Gasteiger partial charge in [-0.15, -0.1) is 11.8 Å². The van der Waals surface area contributed by atoms with E-state index in [1.807, 2.05) is 37.3 Å². The van der Waals surface area contributed by atoms with Crippen LogP contribution in [0.1, 0.15) is 25.3 Å². The molecule has 2 aliphatic heterocycles. The van der Waals surface area contributed by atoms with E-state index in [1.165, 1.54) is 21.0 Å². The van der Waals surface area contributed by atoms with E-state index < -0.39 is 10.0 Å². The summed E-state index contributed by atoms with van der Waals surface area (Å²) >= 11 is 1.52. The first-order valence-electron chi connectivity index (χ1n) is 11.1. The molecular weight excluding hydrogens is 458 g/mol. The highest BCUT2D eigenvalue weighted by Gasteiger charge is 2.33. The molecule has 2 amide bonds. The molecule has 4 rings (SSSR count). The number of anilines is 1. The number of carbonyl (C=O) groups excluding carboxylic acids is 2. The summed E-state index contributed by atoms with van der Waals surface area (Å²) in [5.74, 6) is -0.0778. The molecule has 1 atom stereocenters. The molecule has 0 saturated carbocycles.